The molecule has 0 radical (unpaired) electrons. The average molecular weight is 389 g/mol. The minimum atomic E-state index is -0.420. The van der Waals surface area contributed by atoms with Gasteiger partial charge in [0.25, 0.3) is 0 Å². The van der Waals surface area contributed by atoms with Crippen molar-refractivity contribution in [3.8, 4) is 0 Å². The van der Waals surface area contributed by atoms with Crippen molar-refractivity contribution in [1.82, 2.24) is 15.3 Å². The largest absolute Gasteiger partial charge is 0.465 e. The second-order valence-corrected chi connectivity index (χ2v) is 6.96. The number of rotatable bonds is 2. The van der Waals surface area contributed by atoms with Crippen LogP contribution in [0.15, 0.2) is 46.4 Å². The highest BCUT2D eigenvalue weighted by molar-refractivity contribution is 9.11. The Balaban J connectivity index is 1.52. The van der Waals surface area contributed by atoms with E-state index in [-0.39, 0.29) is 0 Å². The maximum atomic E-state index is 11.5. The molecule has 1 N–H and O–H groups in total. The third kappa shape index (κ3) is 2.62. The lowest BCUT2D eigenvalue weighted by molar-refractivity contribution is 0.0600. The van der Waals surface area contributed by atoms with Gasteiger partial charge in [0.15, 0.2) is 0 Å². The molecule has 4 rings (SSSR count). The minimum Gasteiger partial charge on any atom is -0.465 e. The summed E-state index contributed by atoms with van der Waals surface area (Å²) in [4.78, 5) is 22.2. The molecular weight excluding hydrogens is 372 g/mol. The molecule has 24 heavy (non-hydrogen) atoms. The normalized spacial score (nSPS) is 24.9. The highest BCUT2D eigenvalue weighted by Crippen LogP contribution is 2.37. The van der Waals surface area contributed by atoms with Crippen molar-refractivity contribution in [2.75, 3.05) is 25.1 Å². The molecular formula is C17H17BrN4O2. The van der Waals surface area contributed by atoms with Gasteiger partial charge in [-0.25, -0.2) is 14.8 Å². The van der Waals surface area contributed by atoms with Crippen LogP contribution in [0.1, 0.15) is 16.8 Å². The number of carbonyl (C=O) groups excluding carboxylic acids is 1. The van der Waals surface area contributed by atoms with Crippen LogP contribution in [0.5, 0.6) is 0 Å². The molecule has 3 heterocycles. The van der Waals surface area contributed by atoms with Crippen LogP contribution in [-0.4, -0.2) is 42.2 Å². The molecule has 2 unspecified atom stereocenters. The van der Waals surface area contributed by atoms with Crippen molar-refractivity contribution in [1.29, 1.82) is 0 Å². The predicted molar refractivity (Wildman–Crippen MR) is 93.8 cm³/mol. The van der Waals surface area contributed by atoms with Gasteiger partial charge in [-0.2, -0.15) is 0 Å². The molecule has 6 nitrogen and oxygen atoms in total. The summed E-state index contributed by atoms with van der Waals surface area (Å²) in [5, 5.41) is 3.61. The molecule has 0 saturated carbocycles. The monoisotopic (exact) mass is 388 g/mol. The van der Waals surface area contributed by atoms with E-state index in [1.807, 2.05) is 0 Å². The van der Waals surface area contributed by atoms with Gasteiger partial charge in [0.05, 0.1) is 25.3 Å². The first-order chi connectivity index (χ1) is 11.7. The van der Waals surface area contributed by atoms with Crippen LogP contribution in [-0.2, 0) is 4.74 Å². The molecule has 2 aliphatic heterocycles. The molecule has 0 saturated heterocycles. The van der Waals surface area contributed by atoms with Crippen LogP contribution >= 0.6 is 15.9 Å². The van der Waals surface area contributed by atoms with Crippen LogP contribution in [0, 0.1) is 5.92 Å². The number of fused-ring (bicyclic) bond motifs is 2. The van der Waals surface area contributed by atoms with Crippen molar-refractivity contribution in [3.63, 3.8) is 0 Å². The van der Waals surface area contributed by atoms with Gasteiger partial charge < -0.3 is 15.0 Å². The Hall–Kier alpha value is -2.15. The average Bonchev–Trinajstić information content (AvgIpc) is 2.98. The molecule has 1 aromatic rings. The predicted octanol–water partition coefficient (Wildman–Crippen LogP) is 2.16. The second-order valence-electron chi connectivity index (χ2n) is 6.05. The number of nitrogens with zero attached hydrogens (tertiary/aromatic N) is 3. The Kier molecular flexibility index (Phi) is 3.88. The first kappa shape index (κ1) is 15.4. The van der Waals surface area contributed by atoms with Crippen LogP contribution in [0.3, 0.4) is 0 Å². The fourth-order valence-electron chi connectivity index (χ4n) is 3.46. The smallest absolute Gasteiger partial charge is 0.341 e. The van der Waals surface area contributed by atoms with Crippen molar-refractivity contribution in [2.45, 2.75) is 12.5 Å². The minimum absolute atomic E-state index is 0.346. The lowest BCUT2D eigenvalue weighted by Gasteiger charge is -2.28. The third-order valence-corrected chi connectivity index (χ3v) is 5.19. The summed E-state index contributed by atoms with van der Waals surface area (Å²) in [6.45, 7) is 1.63. The van der Waals surface area contributed by atoms with E-state index in [2.05, 4.69) is 59.1 Å². The third-order valence-electron chi connectivity index (χ3n) is 4.66. The quantitative estimate of drug-likeness (QED) is 0.783. The fraction of sp³-hybridized carbons (Fsp3) is 0.353. The number of ether oxygens (including phenoxy) is 1. The van der Waals surface area contributed by atoms with Crippen molar-refractivity contribution < 1.29 is 9.53 Å². The molecule has 0 fully saturated rings. The van der Waals surface area contributed by atoms with Crippen molar-refractivity contribution in [2.24, 2.45) is 5.92 Å². The van der Waals surface area contributed by atoms with Gasteiger partial charge in [0.1, 0.15) is 0 Å². The molecule has 0 amide bonds. The Morgan fingerprint density at radius 2 is 2.21 bits per heavy atom. The van der Waals surface area contributed by atoms with Crippen LogP contribution in [0.4, 0.5) is 5.95 Å². The zero-order valence-corrected chi connectivity index (χ0v) is 14.8. The van der Waals surface area contributed by atoms with E-state index in [9.17, 15) is 4.79 Å². The van der Waals surface area contributed by atoms with E-state index in [0.29, 0.717) is 23.5 Å². The lowest BCUT2D eigenvalue weighted by Crippen LogP contribution is -2.35. The molecule has 0 spiro atoms. The zero-order valence-electron chi connectivity index (χ0n) is 13.2. The van der Waals surface area contributed by atoms with Crippen molar-refractivity contribution in [3.05, 3.63) is 51.9 Å². The number of nitrogens with one attached hydrogen (secondary N) is 1. The molecule has 1 aromatic heterocycles. The van der Waals surface area contributed by atoms with Gasteiger partial charge in [-0.3, -0.25) is 0 Å². The van der Waals surface area contributed by atoms with Crippen LogP contribution in [0.2, 0.25) is 0 Å². The molecule has 0 aromatic carbocycles. The number of esters is 1. The van der Waals surface area contributed by atoms with Gasteiger partial charge in [0.2, 0.25) is 5.95 Å². The number of allylic oxidation sites excluding steroid dienone is 2. The zero-order chi connectivity index (χ0) is 16.7. The van der Waals surface area contributed by atoms with Crippen molar-refractivity contribution >= 4 is 27.8 Å². The van der Waals surface area contributed by atoms with Crippen LogP contribution in [0.25, 0.3) is 0 Å². The fourth-order valence-corrected chi connectivity index (χ4v) is 3.90. The first-order valence-electron chi connectivity index (χ1n) is 7.85. The summed E-state index contributed by atoms with van der Waals surface area (Å²) in [6.07, 6.45) is 10.6. The Morgan fingerprint density at radius 1 is 1.42 bits per heavy atom. The number of aromatic nitrogens is 2. The molecule has 2 atom stereocenters. The maximum absolute atomic E-state index is 11.5. The highest BCUT2D eigenvalue weighted by atomic mass is 79.9. The SMILES string of the molecule is COC(=O)c1cnc(N2CCC3=C(C2)NC2C=CC(Br)=CC32)nc1. The molecule has 3 aliphatic rings. The Morgan fingerprint density at radius 3 is 2.96 bits per heavy atom. The standard InChI is InChI=1S/C17H17BrN4O2/c1-24-16(23)10-7-19-17(20-8-10)22-5-4-12-13-6-11(18)2-3-14(13)21-15(12)9-22/h2-3,6-8,13-14,21H,4-5,9H2,1H3. The second kappa shape index (κ2) is 6.05. The summed E-state index contributed by atoms with van der Waals surface area (Å²) in [7, 11) is 1.35. The van der Waals surface area contributed by atoms with E-state index in [1.54, 1.807) is 0 Å². The summed E-state index contributed by atoms with van der Waals surface area (Å²) in [5.41, 5.74) is 3.10. The number of methoxy groups -OCH3 is 1. The Bertz CT molecular complexity index is 769. The van der Waals surface area contributed by atoms with Gasteiger partial charge in [-0.15, -0.1) is 0 Å². The lowest BCUT2D eigenvalue weighted by atomic mass is 9.88. The van der Waals surface area contributed by atoms with Crippen LogP contribution < -0.4 is 10.2 Å². The summed E-state index contributed by atoms with van der Waals surface area (Å²) < 4.78 is 5.82. The van der Waals surface area contributed by atoms with Gasteiger partial charge in [-0.1, -0.05) is 34.2 Å². The topological polar surface area (TPSA) is 67.3 Å². The number of halogens is 1. The van der Waals surface area contributed by atoms with E-state index in [0.717, 1.165) is 24.0 Å². The van der Waals surface area contributed by atoms with E-state index in [4.69, 9.17) is 0 Å². The van der Waals surface area contributed by atoms with Gasteiger partial charge in [-0.05, 0) is 12.0 Å². The summed E-state index contributed by atoms with van der Waals surface area (Å²) in [6, 6.07) is 0.346. The maximum Gasteiger partial charge on any atom is 0.341 e. The molecule has 1 aliphatic carbocycles. The molecule has 0 bridgehead atoms. The van der Waals surface area contributed by atoms with Gasteiger partial charge in [0, 0.05) is 35.0 Å². The van der Waals surface area contributed by atoms with E-state index >= 15 is 0 Å². The summed E-state index contributed by atoms with van der Waals surface area (Å²) >= 11 is 3.57. The number of hydrogen-bond acceptors (Lipinski definition) is 6. The molecule has 124 valence electrons. The van der Waals surface area contributed by atoms with Gasteiger partial charge >= 0.3 is 5.97 Å². The number of anilines is 1. The van der Waals surface area contributed by atoms with E-state index in [1.165, 1.54) is 30.8 Å². The highest BCUT2D eigenvalue weighted by Gasteiger charge is 2.36. The Labute approximate surface area is 148 Å². The summed E-state index contributed by atoms with van der Waals surface area (Å²) in [5.74, 6) is 0.651. The van der Waals surface area contributed by atoms with E-state index < -0.39 is 5.97 Å². The first-order valence-corrected chi connectivity index (χ1v) is 8.64. The number of carbonyl (C=O) groups is 1. The number of hydrogen-bond donors (Lipinski definition) is 1. The molecule has 7 heteroatoms.